The van der Waals surface area contributed by atoms with E-state index in [1.54, 1.807) is 30.3 Å². The van der Waals surface area contributed by atoms with Gasteiger partial charge in [-0.25, -0.2) is 4.39 Å². The van der Waals surface area contributed by atoms with Crippen molar-refractivity contribution in [1.29, 1.82) is 0 Å². The number of hydrogen-bond acceptors (Lipinski definition) is 6. The van der Waals surface area contributed by atoms with Gasteiger partial charge in [-0.3, -0.25) is 23.7 Å². The lowest BCUT2D eigenvalue weighted by Crippen LogP contribution is -2.41. The highest BCUT2D eigenvalue weighted by Crippen LogP contribution is 2.40. The van der Waals surface area contributed by atoms with E-state index < -0.39 is 16.8 Å². The molecule has 2 aromatic heterocycles. The number of aromatic amines is 1. The number of carbonyl (C=O) groups is 1. The normalized spacial score (nSPS) is 16.7. The van der Waals surface area contributed by atoms with E-state index >= 15 is 4.39 Å². The smallest absolute Gasteiger partial charge is 0.271 e. The summed E-state index contributed by atoms with van der Waals surface area (Å²) >= 11 is 1.14. The number of ether oxygens (including phenoxy) is 1. The zero-order chi connectivity index (χ0) is 24.1. The van der Waals surface area contributed by atoms with Crippen LogP contribution >= 0.6 is 11.5 Å². The zero-order valence-electron chi connectivity index (χ0n) is 18.8. The highest BCUT2D eigenvalue weighted by molar-refractivity contribution is 7.12. The fourth-order valence-electron chi connectivity index (χ4n) is 4.66. The number of benzene rings is 2. The van der Waals surface area contributed by atoms with E-state index in [1.165, 1.54) is 6.07 Å². The molecule has 8 nitrogen and oxygen atoms in total. The van der Waals surface area contributed by atoms with Crippen LogP contribution in [-0.4, -0.2) is 52.6 Å². The van der Waals surface area contributed by atoms with Gasteiger partial charge in [0.2, 0.25) is 11.3 Å². The predicted octanol–water partition coefficient (Wildman–Crippen LogP) is 3.32. The number of halogens is 1. The molecule has 35 heavy (non-hydrogen) atoms. The maximum absolute atomic E-state index is 15.2. The molecule has 2 N–H and O–H groups in total. The molecule has 1 aliphatic heterocycles. The molecule has 10 heteroatoms. The minimum absolute atomic E-state index is 0.0960. The van der Waals surface area contributed by atoms with Crippen molar-refractivity contribution in [3.05, 3.63) is 62.8 Å². The summed E-state index contributed by atoms with van der Waals surface area (Å²) < 4.78 is 25.2. The molecule has 0 spiro atoms. The number of carbonyl (C=O) groups excluding carboxylic acids is 1. The van der Waals surface area contributed by atoms with Crippen LogP contribution in [0.15, 0.2) is 46.0 Å². The zero-order valence-corrected chi connectivity index (χ0v) is 19.6. The molecule has 1 aliphatic carbocycles. The molecule has 180 valence electrons. The Balaban J connectivity index is 1.33. The number of amides is 1. The average Bonchev–Trinajstić information content (AvgIpc) is 3.62. The third-order valence-electron chi connectivity index (χ3n) is 6.58. The van der Waals surface area contributed by atoms with Gasteiger partial charge in [-0.2, -0.15) is 0 Å². The van der Waals surface area contributed by atoms with Crippen molar-refractivity contribution in [3.63, 3.8) is 0 Å². The molecule has 2 aliphatic rings. The number of nitrogens with zero attached hydrogens (tertiary/aromatic N) is 2. The summed E-state index contributed by atoms with van der Waals surface area (Å²) in [5.74, 6) is -0.647. The first-order valence-electron chi connectivity index (χ1n) is 11.6. The standard InChI is InChI=1S/C25H23FN4O4S/c26-19-11-18-20(30(16-5-6-16)25-22(23(18)32)24(33)28-35-25)12-17(19)14-1-3-15(4-2-14)27-21(31)13-29-7-9-34-10-8-29/h1-4,11-12,16H,5-10,13H2,(H,27,31)(H,28,33). The van der Waals surface area contributed by atoms with E-state index in [2.05, 4.69) is 9.69 Å². The second-order valence-corrected chi connectivity index (χ2v) is 9.80. The third-order valence-corrected chi connectivity index (χ3v) is 7.46. The first-order chi connectivity index (χ1) is 17.0. The van der Waals surface area contributed by atoms with Crippen molar-refractivity contribution in [2.45, 2.75) is 18.9 Å². The molecular formula is C25H23FN4O4S. The number of pyridine rings is 1. The van der Waals surface area contributed by atoms with E-state index in [4.69, 9.17) is 4.74 Å². The number of nitrogens with one attached hydrogen (secondary N) is 2. The Morgan fingerprint density at radius 2 is 1.89 bits per heavy atom. The maximum Gasteiger partial charge on any atom is 0.271 e. The Morgan fingerprint density at radius 1 is 1.14 bits per heavy atom. The number of morpholine rings is 1. The van der Waals surface area contributed by atoms with Crippen LogP contribution in [0.1, 0.15) is 18.9 Å². The van der Waals surface area contributed by atoms with Gasteiger partial charge in [-0.05, 0) is 54.2 Å². The van der Waals surface area contributed by atoms with Crippen LogP contribution in [0.2, 0.25) is 0 Å². The molecule has 0 unspecified atom stereocenters. The summed E-state index contributed by atoms with van der Waals surface area (Å²) in [5.41, 5.74) is 1.37. The number of aromatic nitrogens is 2. The lowest BCUT2D eigenvalue weighted by Gasteiger charge is -2.25. The van der Waals surface area contributed by atoms with Crippen LogP contribution in [-0.2, 0) is 9.53 Å². The molecular weight excluding hydrogens is 471 g/mol. The van der Waals surface area contributed by atoms with Crippen molar-refractivity contribution in [1.82, 2.24) is 13.8 Å². The average molecular weight is 495 g/mol. The van der Waals surface area contributed by atoms with Crippen LogP contribution in [0.25, 0.3) is 32.2 Å². The first-order valence-corrected chi connectivity index (χ1v) is 12.4. The second kappa shape index (κ2) is 8.71. The lowest BCUT2D eigenvalue weighted by atomic mass is 10.0. The Hall–Kier alpha value is -3.34. The molecule has 6 rings (SSSR count). The first kappa shape index (κ1) is 22.1. The fraction of sp³-hybridized carbons (Fsp3) is 0.320. The Labute approximate surface area is 203 Å². The van der Waals surface area contributed by atoms with E-state index in [0.717, 1.165) is 37.5 Å². The largest absolute Gasteiger partial charge is 0.379 e. The highest BCUT2D eigenvalue weighted by Gasteiger charge is 2.29. The topological polar surface area (TPSA) is 96.4 Å². The molecule has 1 amide bonds. The Morgan fingerprint density at radius 3 is 2.60 bits per heavy atom. The fourth-order valence-corrected chi connectivity index (χ4v) is 5.59. The molecule has 3 heterocycles. The van der Waals surface area contributed by atoms with Gasteiger partial charge in [0.1, 0.15) is 16.0 Å². The van der Waals surface area contributed by atoms with Crippen molar-refractivity contribution in [2.75, 3.05) is 38.2 Å². The summed E-state index contributed by atoms with van der Waals surface area (Å²) in [5, 5.41) is 3.19. The summed E-state index contributed by atoms with van der Waals surface area (Å²) in [6.07, 6.45) is 1.90. The van der Waals surface area contributed by atoms with Crippen molar-refractivity contribution in [3.8, 4) is 11.1 Å². The predicted molar refractivity (Wildman–Crippen MR) is 134 cm³/mol. The molecule has 2 aromatic carbocycles. The van der Waals surface area contributed by atoms with Crippen LogP contribution in [0, 0.1) is 5.82 Å². The minimum Gasteiger partial charge on any atom is -0.379 e. The summed E-state index contributed by atoms with van der Waals surface area (Å²) in [6.45, 7) is 3.00. The lowest BCUT2D eigenvalue weighted by molar-refractivity contribution is -0.118. The number of hydrogen-bond donors (Lipinski definition) is 2. The van der Waals surface area contributed by atoms with Gasteiger partial charge in [0.15, 0.2) is 0 Å². The van der Waals surface area contributed by atoms with Gasteiger partial charge in [-0.15, -0.1) is 0 Å². The van der Waals surface area contributed by atoms with Crippen LogP contribution in [0.3, 0.4) is 0 Å². The molecule has 0 radical (unpaired) electrons. The summed E-state index contributed by atoms with van der Waals surface area (Å²) in [6, 6.07) is 10.1. The molecule has 0 bridgehead atoms. The van der Waals surface area contributed by atoms with Crippen LogP contribution < -0.4 is 16.3 Å². The van der Waals surface area contributed by atoms with Crippen LogP contribution in [0.5, 0.6) is 0 Å². The highest BCUT2D eigenvalue weighted by atomic mass is 32.1. The van der Waals surface area contributed by atoms with Gasteiger partial charge >= 0.3 is 0 Å². The Bertz CT molecular complexity index is 1560. The number of fused-ring (bicyclic) bond motifs is 2. The van der Waals surface area contributed by atoms with Crippen LogP contribution in [0.4, 0.5) is 10.1 Å². The van der Waals surface area contributed by atoms with Crippen molar-refractivity contribution >= 4 is 44.2 Å². The number of H-pyrrole nitrogens is 1. The second-order valence-electron chi connectivity index (χ2n) is 9.01. The van der Waals surface area contributed by atoms with E-state index in [1.807, 2.05) is 9.47 Å². The summed E-state index contributed by atoms with van der Waals surface area (Å²) in [4.78, 5) is 40.3. The monoisotopic (exact) mass is 494 g/mol. The minimum atomic E-state index is -0.535. The number of anilines is 1. The summed E-state index contributed by atoms with van der Waals surface area (Å²) in [7, 11) is 0. The molecule has 0 atom stereocenters. The third kappa shape index (κ3) is 4.07. The van der Waals surface area contributed by atoms with E-state index in [9.17, 15) is 14.4 Å². The molecule has 4 aromatic rings. The van der Waals surface area contributed by atoms with Crippen molar-refractivity contribution in [2.24, 2.45) is 0 Å². The Kier molecular flexibility index (Phi) is 5.51. The van der Waals surface area contributed by atoms with E-state index in [-0.39, 0.29) is 22.7 Å². The van der Waals surface area contributed by atoms with Gasteiger partial charge in [0.25, 0.3) is 5.56 Å². The maximum atomic E-state index is 15.2. The van der Waals surface area contributed by atoms with Gasteiger partial charge in [-0.1, -0.05) is 12.1 Å². The molecule has 1 saturated carbocycles. The van der Waals surface area contributed by atoms with Gasteiger partial charge in [0, 0.05) is 35.8 Å². The van der Waals surface area contributed by atoms with Crippen molar-refractivity contribution < 1.29 is 13.9 Å². The van der Waals surface area contributed by atoms with Gasteiger partial charge in [0.05, 0.1) is 25.3 Å². The van der Waals surface area contributed by atoms with E-state index in [0.29, 0.717) is 46.9 Å². The molecule has 1 saturated heterocycles. The molecule has 2 fully saturated rings. The SMILES string of the molecule is O=C(CN1CCOCC1)Nc1ccc(-c2cc3c(cc2F)c(=O)c2c(=O)[nH]sc2n3C2CC2)cc1. The van der Waals surface area contributed by atoms with Gasteiger partial charge < -0.3 is 14.6 Å². The number of rotatable bonds is 5. The quantitative estimate of drug-likeness (QED) is 0.444.